The number of anilines is 1. The fourth-order valence-electron chi connectivity index (χ4n) is 10.3. The molecule has 4 N–H and O–H groups in total. The van der Waals surface area contributed by atoms with Crippen LogP contribution in [0.5, 0.6) is 0 Å². The molecule has 1 fully saturated rings. The molecule has 0 saturated carbocycles. The van der Waals surface area contributed by atoms with Crippen molar-refractivity contribution < 1.29 is 85.2 Å². The number of fused-ring (bicyclic) bond motifs is 2. The SMILES string of the molecule is CC(C)(C)OCCC(C)(C)N1C(=CC=CC=CC2=[N+](C(C)(C)CCOC(C)(C)CCC(=O)ON3C(=O)CCC3=O)c3ccc(S(=O)(=O)O)cc3C2(C)CCCS(=O)(=O)O)C(C)(CCCS(=O)(=O)O)c2cc(S(=O)(=O)O)ccc21. The van der Waals surface area contributed by atoms with E-state index in [9.17, 15) is 66.3 Å². The molecule has 2 aromatic carbocycles. The number of imide groups is 1. The van der Waals surface area contributed by atoms with Crippen LogP contribution in [0.3, 0.4) is 0 Å². The molecule has 5 rings (SSSR count). The third-order valence-corrected chi connectivity index (χ3v) is 17.8. The van der Waals surface area contributed by atoms with E-state index in [1.165, 1.54) is 24.3 Å². The van der Waals surface area contributed by atoms with Crippen LogP contribution in [-0.4, -0.2) is 132 Å². The zero-order valence-electron chi connectivity index (χ0n) is 46.2. The number of hydrogen-bond donors (Lipinski definition) is 4. The van der Waals surface area contributed by atoms with Gasteiger partial charge in [-0.1, -0.05) is 18.2 Å². The van der Waals surface area contributed by atoms with E-state index < -0.39 is 108 Å². The molecule has 78 heavy (non-hydrogen) atoms. The van der Waals surface area contributed by atoms with Gasteiger partial charge >= 0.3 is 5.97 Å². The standard InChI is InChI=1S/C53H75N3O18S4/c1-48(2,3)72-31-29-49(4,5)54-41-21-19-37(77(66,67)68)35-39(41)52(10,26-15-33-75(60,61)62)43(54)17-13-12-14-18-44-53(11,27-16-34-76(63,64)65)40-36-38(78(69,70)71)20-22-42(40)55(44)50(6,7)30-32-73-51(8,9)28-25-47(59)74-56-45(57)23-24-46(56)58/h12-14,17-22,35-36H,15-16,23-34H2,1-11H3,(H3-,60,61,62,63,64,65,66,67,68,69,70,71)/p+1. The summed E-state index contributed by atoms with van der Waals surface area (Å²) >= 11 is 0. The number of amides is 2. The molecule has 0 radical (unpaired) electrons. The lowest BCUT2D eigenvalue weighted by molar-refractivity contribution is -0.525. The molecule has 21 nitrogen and oxygen atoms in total. The molecule has 0 spiro atoms. The average Bonchev–Trinajstić information content (AvgIpc) is 3.83. The van der Waals surface area contributed by atoms with Gasteiger partial charge in [-0.25, -0.2) is 4.79 Å². The first kappa shape index (κ1) is 64.1. The van der Waals surface area contributed by atoms with E-state index in [0.717, 1.165) is 0 Å². The summed E-state index contributed by atoms with van der Waals surface area (Å²) in [5, 5.41) is 0.482. The molecule has 2 atom stereocenters. The van der Waals surface area contributed by atoms with Crippen molar-refractivity contribution in [3.8, 4) is 0 Å². The van der Waals surface area contributed by atoms with Gasteiger partial charge in [0.15, 0.2) is 11.3 Å². The maximum absolute atomic E-state index is 12.7. The van der Waals surface area contributed by atoms with E-state index in [2.05, 4.69) is 0 Å². The van der Waals surface area contributed by atoms with Gasteiger partial charge in [-0.2, -0.15) is 38.2 Å². The number of carbonyl (C=O) groups is 3. The van der Waals surface area contributed by atoms with Gasteiger partial charge in [0, 0.05) is 79.8 Å². The van der Waals surface area contributed by atoms with Crippen LogP contribution in [0.2, 0.25) is 0 Å². The van der Waals surface area contributed by atoms with Gasteiger partial charge < -0.3 is 19.2 Å². The van der Waals surface area contributed by atoms with Crippen molar-refractivity contribution in [3.63, 3.8) is 0 Å². The lowest BCUT2D eigenvalue weighted by Gasteiger charge is -2.41. The highest BCUT2D eigenvalue weighted by Crippen LogP contribution is 2.54. The van der Waals surface area contributed by atoms with Gasteiger partial charge in [0.25, 0.3) is 52.3 Å². The minimum Gasteiger partial charge on any atom is -0.376 e. The topological polar surface area (TPSA) is 306 Å². The summed E-state index contributed by atoms with van der Waals surface area (Å²) in [6, 6.07) is 8.38. The smallest absolute Gasteiger partial charge is 0.333 e. The molecule has 3 aliphatic heterocycles. The Bertz CT molecular complexity index is 3230. The molecular weight excluding hydrogens is 1090 g/mol. The number of nitrogens with zero attached hydrogens (tertiary/aromatic N) is 3. The lowest BCUT2D eigenvalue weighted by atomic mass is 9.75. The molecule has 434 valence electrons. The zero-order chi connectivity index (χ0) is 58.9. The highest BCUT2D eigenvalue weighted by atomic mass is 32.2. The molecule has 2 amide bonds. The van der Waals surface area contributed by atoms with Gasteiger partial charge in [0.05, 0.1) is 50.9 Å². The summed E-state index contributed by atoms with van der Waals surface area (Å²) in [7, 11) is -18.3. The van der Waals surface area contributed by atoms with Crippen LogP contribution < -0.4 is 4.90 Å². The highest BCUT2D eigenvalue weighted by molar-refractivity contribution is 7.86. The Morgan fingerprint density at radius 2 is 1.21 bits per heavy atom. The number of hydrogen-bond acceptors (Lipinski definition) is 15. The molecule has 0 bridgehead atoms. The van der Waals surface area contributed by atoms with Crippen LogP contribution in [0.4, 0.5) is 11.4 Å². The predicted octanol–water partition coefficient (Wildman–Crippen LogP) is 7.98. The molecule has 2 aromatic rings. The summed E-state index contributed by atoms with van der Waals surface area (Å²) in [5.41, 5.74) is -2.03. The average molecular weight is 1170 g/mol. The Balaban J connectivity index is 1.61. The Morgan fingerprint density at radius 1 is 0.679 bits per heavy atom. The first-order valence-electron chi connectivity index (χ1n) is 25.5. The van der Waals surface area contributed by atoms with Crippen LogP contribution in [0.1, 0.15) is 151 Å². The fraction of sp³-hybridized carbons (Fsp3) is 0.585. The van der Waals surface area contributed by atoms with Gasteiger partial charge in [-0.05, 0) is 143 Å². The largest absolute Gasteiger partial charge is 0.376 e. The summed E-state index contributed by atoms with van der Waals surface area (Å²) in [4.78, 5) is 42.9. The van der Waals surface area contributed by atoms with E-state index in [1.54, 1.807) is 63.3 Å². The van der Waals surface area contributed by atoms with Gasteiger partial charge in [-0.3, -0.25) is 27.8 Å². The predicted molar refractivity (Wildman–Crippen MR) is 292 cm³/mol. The number of carbonyl (C=O) groups excluding carboxylic acids is 3. The van der Waals surface area contributed by atoms with Gasteiger partial charge in [0.1, 0.15) is 0 Å². The summed E-state index contributed by atoms with van der Waals surface area (Å²) < 4.78 is 153. The number of hydroxylamine groups is 2. The Morgan fingerprint density at radius 3 is 1.74 bits per heavy atom. The van der Waals surface area contributed by atoms with Crippen LogP contribution >= 0.6 is 0 Å². The van der Waals surface area contributed by atoms with Crippen LogP contribution in [0, 0.1) is 0 Å². The van der Waals surface area contributed by atoms with Crippen molar-refractivity contribution >= 4 is 75.3 Å². The maximum atomic E-state index is 12.7. The second kappa shape index (κ2) is 23.4. The van der Waals surface area contributed by atoms with Crippen molar-refractivity contribution in [1.29, 1.82) is 0 Å². The third kappa shape index (κ3) is 16.0. The van der Waals surface area contributed by atoms with Crippen molar-refractivity contribution in [2.75, 3.05) is 29.6 Å². The number of ether oxygens (including phenoxy) is 2. The lowest BCUT2D eigenvalue weighted by Crippen LogP contribution is -2.45. The molecule has 0 aliphatic carbocycles. The molecular formula is C53H76N3O18S4+. The second-order valence-electron chi connectivity index (χ2n) is 23.3. The van der Waals surface area contributed by atoms with Crippen molar-refractivity contribution in [2.24, 2.45) is 0 Å². The zero-order valence-corrected chi connectivity index (χ0v) is 49.5. The molecule has 25 heteroatoms. The van der Waals surface area contributed by atoms with E-state index in [0.29, 0.717) is 58.4 Å². The minimum absolute atomic E-state index is 0.0322. The fourth-order valence-corrected chi connectivity index (χ4v) is 12.3. The van der Waals surface area contributed by atoms with Crippen molar-refractivity contribution in [3.05, 3.63) is 83.6 Å². The highest BCUT2D eigenvalue weighted by Gasteiger charge is 2.53. The molecule has 3 aliphatic rings. The summed E-state index contributed by atoms with van der Waals surface area (Å²) in [6.45, 7) is 21.2. The van der Waals surface area contributed by atoms with E-state index in [4.69, 9.17) is 14.3 Å². The summed E-state index contributed by atoms with van der Waals surface area (Å²) in [6.07, 6.45) is 9.48. The quantitative estimate of drug-likeness (QED) is 0.0300. The summed E-state index contributed by atoms with van der Waals surface area (Å²) in [5.74, 6) is -3.18. The molecule has 3 heterocycles. The van der Waals surface area contributed by atoms with E-state index in [-0.39, 0.29) is 62.9 Å². The Labute approximate surface area is 459 Å². The maximum Gasteiger partial charge on any atom is 0.333 e. The van der Waals surface area contributed by atoms with Crippen LogP contribution in [0.25, 0.3) is 0 Å². The second-order valence-corrected chi connectivity index (χ2v) is 29.3. The normalized spacial score (nSPS) is 20.5. The monoisotopic (exact) mass is 1170 g/mol. The van der Waals surface area contributed by atoms with Crippen molar-refractivity contribution in [1.82, 2.24) is 5.06 Å². The van der Waals surface area contributed by atoms with Crippen molar-refractivity contribution in [2.45, 2.75) is 183 Å². The molecule has 1 saturated heterocycles. The van der Waals surface area contributed by atoms with Crippen LogP contribution in [0.15, 0.2) is 82.3 Å². The van der Waals surface area contributed by atoms with Gasteiger partial charge in [0.2, 0.25) is 5.69 Å². The first-order chi connectivity index (χ1) is 35.5. The number of benzene rings is 2. The molecule has 0 aromatic heterocycles. The first-order valence-corrected chi connectivity index (χ1v) is 31.6. The van der Waals surface area contributed by atoms with E-state index >= 15 is 0 Å². The number of allylic oxidation sites excluding steroid dienone is 6. The molecule has 2 unspecified atom stereocenters. The number of rotatable bonds is 26. The van der Waals surface area contributed by atoms with E-state index in [1.807, 2.05) is 64.9 Å². The van der Waals surface area contributed by atoms with Gasteiger partial charge in [-0.15, -0.1) is 5.06 Å². The Kier molecular flexibility index (Phi) is 19.2. The third-order valence-electron chi connectivity index (χ3n) is 14.5. The van der Waals surface area contributed by atoms with Crippen LogP contribution in [-0.2, 0) is 80.0 Å². The minimum atomic E-state index is -4.74. The Hall–Kier alpha value is -4.70.